The Morgan fingerprint density at radius 3 is 2.35 bits per heavy atom. The fourth-order valence-electron chi connectivity index (χ4n) is 5.69. The van der Waals surface area contributed by atoms with Crippen LogP contribution < -0.4 is 10.2 Å². The minimum absolute atomic E-state index is 0.0782. The Labute approximate surface area is 201 Å². The van der Waals surface area contributed by atoms with Gasteiger partial charge in [-0.2, -0.15) is 5.26 Å². The van der Waals surface area contributed by atoms with Gasteiger partial charge in [-0.3, -0.25) is 4.90 Å². The minimum atomic E-state index is 0.0782. The number of nitrogens with zero attached hydrogens (tertiary/aromatic N) is 6. The second kappa shape index (κ2) is 10.4. The van der Waals surface area contributed by atoms with E-state index >= 15 is 0 Å². The first-order valence-corrected chi connectivity index (χ1v) is 12.5. The molecule has 3 fully saturated rings. The number of nitrogens with one attached hydrogen (secondary N) is 1. The summed E-state index contributed by atoms with van der Waals surface area (Å²) >= 11 is 0. The maximum absolute atomic E-state index is 13.0. The number of anilines is 1. The van der Waals surface area contributed by atoms with Crippen molar-refractivity contribution in [3.8, 4) is 6.07 Å². The van der Waals surface area contributed by atoms with Gasteiger partial charge >= 0.3 is 6.03 Å². The second-order valence-corrected chi connectivity index (χ2v) is 9.81. The SMILES string of the molecule is N#Cc1cnc(N2CC3CCC(C2)N3C(=O)NCCC2CCN(Cc3ccccc3)CC2)nc1. The molecule has 3 saturated heterocycles. The lowest BCUT2D eigenvalue weighted by atomic mass is 9.93. The van der Waals surface area contributed by atoms with Crippen molar-refractivity contribution in [1.82, 2.24) is 25.1 Å². The number of nitriles is 1. The van der Waals surface area contributed by atoms with Crippen LogP contribution in [0.25, 0.3) is 0 Å². The minimum Gasteiger partial charge on any atom is -0.338 e. The van der Waals surface area contributed by atoms with Gasteiger partial charge in [-0.1, -0.05) is 30.3 Å². The molecular weight excluding hydrogens is 426 g/mol. The van der Waals surface area contributed by atoms with Crippen LogP contribution in [0.3, 0.4) is 0 Å². The average molecular weight is 460 g/mol. The molecule has 34 heavy (non-hydrogen) atoms. The van der Waals surface area contributed by atoms with Gasteiger partial charge in [-0.15, -0.1) is 0 Å². The van der Waals surface area contributed by atoms with Gasteiger partial charge in [-0.05, 0) is 56.7 Å². The first-order chi connectivity index (χ1) is 16.7. The van der Waals surface area contributed by atoms with Crippen molar-refractivity contribution < 1.29 is 4.79 Å². The highest BCUT2D eigenvalue weighted by Gasteiger charge is 2.43. The van der Waals surface area contributed by atoms with Crippen LogP contribution in [0.15, 0.2) is 42.7 Å². The van der Waals surface area contributed by atoms with Crippen LogP contribution >= 0.6 is 0 Å². The van der Waals surface area contributed by atoms with E-state index in [1.807, 2.05) is 0 Å². The van der Waals surface area contributed by atoms with Crippen molar-refractivity contribution in [2.24, 2.45) is 5.92 Å². The van der Waals surface area contributed by atoms with Gasteiger partial charge in [0.05, 0.1) is 30.0 Å². The number of likely N-dealkylation sites (tertiary alicyclic amines) is 1. The maximum Gasteiger partial charge on any atom is 0.318 e. The van der Waals surface area contributed by atoms with Gasteiger partial charge in [0.15, 0.2) is 0 Å². The molecule has 0 spiro atoms. The Bertz CT molecular complexity index is 984. The summed E-state index contributed by atoms with van der Waals surface area (Å²) in [6.45, 7) is 5.55. The predicted octanol–water partition coefficient (Wildman–Crippen LogP) is 3.01. The molecule has 0 aliphatic carbocycles. The fraction of sp³-hybridized carbons (Fsp3) is 0.538. The van der Waals surface area contributed by atoms with Crippen LogP contribution in [0.1, 0.15) is 43.2 Å². The Morgan fingerprint density at radius 1 is 1.03 bits per heavy atom. The number of aromatic nitrogens is 2. The number of piperidine rings is 1. The number of fused-ring (bicyclic) bond motifs is 2. The van der Waals surface area contributed by atoms with Gasteiger partial charge in [-0.25, -0.2) is 14.8 Å². The molecule has 8 nitrogen and oxygen atoms in total. The number of piperazine rings is 1. The third-order valence-electron chi connectivity index (χ3n) is 7.55. The number of carbonyl (C=O) groups excluding carboxylic acids is 1. The van der Waals surface area contributed by atoms with Crippen molar-refractivity contribution in [3.05, 3.63) is 53.9 Å². The Kier molecular flexibility index (Phi) is 6.91. The monoisotopic (exact) mass is 459 g/mol. The highest BCUT2D eigenvalue weighted by molar-refractivity contribution is 5.75. The van der Waals surface area contributed by atoms with Crippen LogP contribution in [0.5, 0.6) is 0 Å². The van der Waals surface area contributed by atoms with E-state index in [-0.39, 0.29) is 18.1 Å². The van der Waals surface area contributed by atoms with E-state index in [1.54, 1.807) is 12.4 Å². The lowest BCUT2D eigenvalue weighted by molar-refractivity contribution is 0.156. The summed E-state index contributed by atoms with van der Waals surface area (Å²) in [7, 11) is 0. The van der Waals surface area contributed by atoms with E-state index in [1.165, 1.54) is 18.4 Å². The molecule has 1 aromatic carbocycles. The molecule has 0 radical (unpaired) electrons. The summed E-state index contributed by atoms with van der Waals surface area (Å²) in [4.78, 5) is 28.4. The third-order valence-corrected chi connectivity index (χ3v) is 7.55. The molecule has 8 heteroatoms. The summed E-state index contributed by atoms with van der Waals surface area (Å²) in [5.41, 5.74) is 1.85. The van der Waals surface area contributed by atoms with E-state index in [9.17, 15) is 4.79 Å². The van der Waals surface area contributed by atoms with Gasteiger partial charge in [0, 0.05) is 26.2 Å². The summed E-state index contributed by atoms with van der Waals surface area (Å²) in [5, 5.41) is 12.2. The number of hydrogen-bond acceptors (Lipinski definition) is 6. The molecular formula is C26H33N7O. The van der Waals surface area contributed by atoms with Gasteiger partial charge in [0.25, 0.3) is 0 Å². The number of rotatable bonds is 6. The summed E-state index contributed by atoms with van der Waals surface area (Å²) in [5.74, 6) is 1.34. The predicted molar refractivity (Wildman–Crippen MR) is 130 cm³/mol. The largest absolute Gasteiger partial charge is 0.338 e. The van der Waals surface area contributed by atoms with E-state index in [0.717, 1.165) is 58.5 Å². The highest BCUT2D eigenvalue weighted by Crippen LogP contribution is 2.31. The normalized spacial score (nSPS) is 23.0. The smallest absolute Gasteiger partial charge is 0.318 e. The molecule has 5 rings (SSSR count). The number of urea groups is 1. The second-order valence-electron chi connectivity index (χ2n) is 9.81. The zero-order chi connectivity index (χ0) is 23.3. The van der Waals surface area contributed by atoms with Crippen LogP contribution in [0, 0.1) is 17.2 Å². The Balaban J connectivity index is 1.05. The maximum atomic E-state index is 13.0. The standard InChI is InChI=1S/C26H33N7O/c27-14-22-15-29-25(30-16-22)32-18-23-6-7-24(19-32)33(23)26(34)28-11-8-20-9-12-31(13-10-20)17-21-4-2-1-3-5-21/h1-5,15-16,20,23-24H,6-13,17-19H2,(H,28,34). The molecule has 2 amide bonds. The summed E-state index contributed by atoms with van der Waals surface area (Å²) in [6.07, 6.45) is 8.63. The molecule has 2 unspecified atom stereocenters. The number of benzene rings is 1. The van der Waals surface area contributed by atoms with Gasteiger partial charge in [0.2, 0.25) is 5.95 Å². The van der Waals surface area contributed by atoms with Crippen LogP contribution in [0.4, 0.5) is 10.7 Å². The molecule has 3 aliphatic heterocycles. The molecule has 2 bridgehead atoms. The topological polar surface area (TPSA) is 88.4 Å². The summed E-state index contributed by atoms with van der Waals surface area (Å²) < 4.78 is 0. The first kappa shape index (κ1) is 22.6. The zero-order valence-electron chi connectivity index (χ0n) is 19.6. The number of hydrogen-bond donors (Lipinski definition) is 1. The molecule has 3 aliphatic rings. The van der Waals surface area contributed by atoms with Crippen molar-refractivity contribution in [1.29, 1.82) is 5.26 Å². The van der Waals surface area contributed by atoms with Crippen molar-refractivity contribution in [2.45, 2.75) is 50.7 Å². The van der Waals surface area contributed by atoms with Crippen molar-refractivity contribution in [3.63, 3.8) is 0 Å². The van der Waals surface area contributed by atoms with Gasteiger partial charge < -0.3 is 15.1 Å². The van der Waals surface area contributed by atoms with E-state index in [4.69, 9.17) is 5.26 Å². The van der Waals surface area contributed by atoms with Crippen LogP contribution in [-0.4, -0.2) is 70.6 Å². The molecule has 2 atom stereocenters. The quantitative estimate of drug-likeness (QED) is 0.714. The Morgan fingerprint density at radius 2 is 1.71 bits per heavy atom. The molecule has 1 aromatic heterocycles. The van der Waals surface area contributed by atoms with Gasteiger partial charge in [0.1, 0.15) is 6.07 Å². The third kappa shape index (κ3) is 5.15. The number of carbonyl (C=O) groups is 1. The first-order valence-electron chi connectivity index (χ1n) is 12.5. The van der Waals surface area contributed by atoms with Crippen LogP contribution in [-0.2, 0) is 6.54 Å². The molecule has 1 N–H and O–H groups in total. The number of amides is 2. The van der Waals surface area contributed by atoms with E-state index in [2.05, 4.69) is 66.4 Å². The van der Waals surface area contributed by atoms with Crippen LogP contribution in [0.2, 0.25) is 0 Å². The zero-order valence-corrected chi connectivity index (χ0v) is 19.6. The Hall–Kier alpha value is -3.18. The molecule has 0 saturated carbocycles. The lowest BCUT2D eigenvalue weighted by Gasteiger charge is -2.41. The van der Waals surface area contributed by atoms with E-state index in [0.29, 0.717) is 17.4 Å². The van der Waals surface area contributed by atoms with E-state index < -0.39 is 0 Å². The van der Waals surface area contributed by atoms with Crippen molar-refractivity contribution in [2.75, 3.05) is 37.6 Å². The average Bonchev–Trinajstić information content (AvgIpc) is 3.15. The highest BCUT2D eigenvalue weighted by atomic mass is 16.2. The summed E-state index contributed by atoms with van der Waals surface area (Å²) in [6, 6.07) is 13.2. The fourth-order valence-corrected chi connectivity index (χ4v) is 5.69. The molecule has 2 aromatic rings. The van der Waals surface area contributed by atoms with Crippen molar-refractivity contribution >= 4 is 12.0 Å². The lowest BCUT2D eigenvalue weighted by Crippen LogP contribution is -2.58. The molecule has 178 valence electrons. The molecule has 4 heterocycles.